The van der Waals surface area contributed by atoms with Crippen LogP contribution in [0.5, 0.6) is 0 Å². The standard InChI is InChI=1S/C13H7F3N2OS/c14-13(15,16)9-1-2-11(18-6-9)10(5-17)12(19)8-3-4-20-7-8/h1-4,6-7,10H. The van der Waals surface area contributed by atoms with Gasteiger partial charge in [-0.3, -0.25) is 9.78 Å². The van der Waals surface area contributed by atoms with Crippen LogP contribution < -0.4 is 0 Å². The molecule has 2 aromatic rings. The molecule has 0 aliphatic rings. The monoisotopic (exact) mass is 296 g/mol. The van der Waals surface area contributed by atoms with Crippen molar-refractivity contribution in [3.63, 3.8) is 0 Å². The predicted octanol–water partition coefficient (Wildman–Crippen LogP) is 3.65. The molecule has 0 N–H and O–H groups in total. The summed E-state index contributed by atoms with van der Waals surface area (Å²) in [6.45, 7) is 0. The summed E-state index contributed by atoms with van der Waals surface area (Å²) in [5, 5.41) is 12.3. The van der Waals surface area contributed by atoms with Gasteiger partial charge in [-0.05, 0) is 23.6 Å². The molecule has 2 aromatic heterocycles. The van der Waals surface area contributed by atoms with Gasteiger partial charge >= 0.3 is 6.18 Å². The molecule has 0 fully saturated rings. The summed E-state index contributed by atoms with van der Waals surface area (Å²) in [5.74, 6) is -1.67. The average Bonchev–Trinajstić information content (AvgIpc) is 2.93. The summed E-state index contributed by atoms with van der Waals surface area (Å²) in [5.41, 5.74) is -0.555. The fourth-order valence-corrected chi connectivity index (χ4v) is 2.22. The van der Waals surface area contributed by atoms with Gasteiger partial charge in [0.15, 0.2) is 11.7 Å². The third-order valence-electron chi connectivity index (χ3n) is 2.61. The van der Waals surface area contributed by atoms with E-state index in [0.29, 0.717) is 11.8 Å². The number of thiophene rings is 1. The lowest BCUT2D eigenvalue weighted by molar-refractivity contribution is -0.137. The molecule has 0 saturated heterocycles. The molecular formula is C13H7F3N2OS. The van der Waals surface area contributed by atoms with Crippen LogP contribution >= 0.6 is 11.3 Å². The first-order valence-electron chi connectivity index (χ1n) is 5.42. The number of nitriles is 1. The highest BCUT2D eigenvalue weighted by molar-refractivity contribution is 7.08. The predicted molar refractivity (Wildman–Crippen MR) is 66.2 cm³/mol. The van der Waals surface area contributed by atoms with E-state index in [1.165, 1.54) is 11.3 Å². The van der Waals surface area contributed by atoms with Crippen molar-refractivity contribution in [1.29, 1.82) is 5.26 Å². The van der Waals surface area contributed by atoms with Crippen LogP contribution in [0.25, 0.3) is 0 Å². The van der Waals surface area contributed by atoms with E-state index in [9.17, 15) is 18.0 Å². The van der Waals surface area contributed by atoms with Gasteiger partial charge in [0.25, 0.3) is 0 Å². The number of hydrogen-bond donors (Lipinski definition) is 0. The van der Waals surface area contributed by atoms with Crippen LogP contribution in [-0.4, -0.2) is 10.8 Å². The Morgan fingerprint density at radius 2 is 2.10 bits per heavy atom. The zero-order valence-electron chi connectivity index (χ0n) is 9.89. The number of halogens is 3. The number of carbonyl (C=O) groups is 1. The third-order valence-corrected chi connectivity index (χ3v) is 3.29. The molecule has 0 saturated carbocycles. The minimum Gasteiger partial charge on any atom is -0.292 e. The number of carbonyl (C=O) groups excluding carboxylic acids is 1. The molecule has 0 aromatic carbocycles. The SMILES string of the molecule is N#CC(C(=O)c1ccsc1)c1ccc(C(F)(F)F)cn1. The zero-order valence-corrected chi connectivity index (χ0v) is 10.7. The molecule has 7 heteroatoms. The van der Waals surface area contributed by atoms with Crippen molar-refractivity contribution < 1.29 is 18.0 Å². The maximum absolute atomic E-state index is 12.4. The number of nitrogens with zero attached hydrogens (tertiary/aromatic N) is 2. The molecule has 0 spiro atoms. The Morgan fingerprint density at radius 3 is 2.55 bits per heavy atom. The van der Waals surface area contributed by atoms with Crippen LogP contribution in [0.3, 0.4) is 0 Å². The Bertz CT molecular complexity index is 642. The lowest BCUT2D eigenvalue weighted by atomic mass is 9.97. The van der Waals surface area contributed by atoms with Gasteiger partial charge in [-0.25, -0.2) is 0 Å². The zero-order chi connectivity index (χ0) is 14.8. The fourth-order valence-electron chi connectivity index (χ4n) is 1.57. The number of ketones is 1. The number of alkyl halides is 3. The number of hydrogen-bond acceptors (Lipinski definition) is 4. The number of aromatic nitrogens is 1. The minimum absolute atomic E-state index is 0.0108. The van der Waals surface area contributed by atoms with Crippen molar-refractivity contribution in [1.82, 2.24) is 4.98 Å². The quantitative estimate of drug-likeness (QED) is 0.812. The molecule has 2 rings (SSSR count). The molecule has 2 heterocycles. The largest absolute Gasteiger partial charge is 0.417 e. The molecule has 3 nitrogen and oxygen atoms in total. The van der Waals surface area contributed by atoms with Crippen molar-refractivity contribution in [2.75, 3.05) is 0 Å². The van der Waals surface area contributed by atoms with Crippen LogP contribution in [0, 0.1) is 11.3 Å². The van der Waals surface area contributed by atoms with E-state index >= 15 is 0 Å². The Morgan fingerprint density at radius 1 is 1.35 bits per heavy atom. The number of Topliss-reactive ketones (excluding diaryl/α,β-unsaturated/α-hetero) is 1. The van der Waals surface area contributed by atoms with E-state index in [1.54, 1.807) is 22.9 Å². The minimum atomic E-state index is -4.50. The lowest BCUT2D eigenvalue weighted by Crippen LogP contribution is -2.13. The number of rotatable bonds is 3. The van der Waals surface area contributed by atoms with Gasteiger partial charge in [-0.15, -0.1) is 0 Å². The average molecular weight is 296 g/mol. The van der Waals surface area contributed by atoms with Gasteiger partial charge in [0.1, 0.15) is 0 Å². The molecule has 1 unspecified atom stereocenters. The Kier molecular flexibility index (Phi) is 3.86. The fraction of sp³-hybridized carbons (Fsp3) is 0.154. The highest BCUT2D eigenvalue weighted by atomic mass is 32.1. The normalized spacial score (nSPS) is 12.7. The number of pyridine rings is 1. The smallest absolute Gasteiger partial charge is 0.292 e. The summed E-state index contributed by atoms with van der Waals surface area (Å²) in [7, 11) is 0. The van der Waals surface area contributed by atoms with Gasteiger partial charge in [0.05, 0.1) is 17.3 Å². The summed E-state index contributed by atoms with van der Waals surface area (Å²) >= 11 is 1.30. The van der Waals surface area contributed by atoms with Gasteiger partial charge in [0.2, 0.25) is 0 Å². The summed E-state index contributed by atoms with van der Waals surface area (Å²) in [6.07, 6.45) is -3.87. The Hall–Kier alpha value is -2.20. The van der Waals surface area contributed by atoms with Crippen molar-refractivity contribution in [2.24, 2.45) is 0 Å². The molecule has 0 amide bonds. The highest BCUT2D eigenvalue weighted by Crippen LogP contribution is 2.29. The first-order valence-corrected chi connectivity index (χ1v) is 6.37. The van der Waals surface area contributed by atoms with Crippen molar-refractivity contribution >= 4 is 17.1 Å². The van der Waals surface area contributed by atoms with E-state index < -0.39 is 23.4 Å². The van der Waals surface area contributed by atoms with Crippen LogP contribution in [-0.2, 0) is 6.18 Å². The van der Waals surface area contributed by atoms with Gasteiger partial charge in [0, 0.05) is 17.1 Å². The van der Waals surface area contributed by atoms with Gasteiger partial charge in [-0.1, -0.05) is 0 Å². The Labute approximate surface area is 116 Å². The molecule has 0 bridgehead atoms. The van der Waals surface area contributed by atoms with Gasteiger partial charge < -0.3 is 0 Å². The van der Waals surface area contributed by atoms with Crippen LogP contribution in [0.15, 0.2) is 35.2 Å². The molecule has 0 aliphatic carbocycles. The third kappa shape index (κ3) is 2.86. The van der Waals surface area contributed by atoms with Crippen molar-refractivity contribution in [3.8, 4) is 6.07 Å². The molecule has 0 aliphatic heterocycles. The van der Waals surface area contributed by atoms with E-state index in [4.69, 9.17) is 5.26 Å². The molecular weight excluding hydrogens is 289 g/mol. The van der Waals surface area contributed by atoms with E-state index in [2.05, 4.69) is 4.98 Å². The van der Waals surface area contributed by atoms with E-state index in [1.807, 2.05) is 0 Å². The topological polar surface area (TPSA) is 53.8 Å². The summed E-state index contributed by atoms with van der Waals surface area (Å²) < 4.78 is 37.2. The van der Waals surface area contributed by atoms with Crippen LogP contribution in [0.2, 0.25) is 0 Å². The van der Waals surface area contributed by atoms with E-state index in [-0.39, 0.29) is 5.69 Å². The maximum Gasteiger partial charge on any atom is 0.417 e. The Balaban J connectivity index is 2.30. The van der Waals surface area contributed by atoms with E-state index in [0.717, 1.165) is 12.1 Å². The van der Waals surface area contributed by atoms with Crippen molar-refractivity contribution in [2.45, 2.75) is 12.1 Å². The summed E-state index contributed by atoms with van der Waals surface area (Å²) in [6, 6.07) is 5.20. The highest BCUT2D eigenvalue weighted by Gasteiger charge is 2.31. The van der Waals surface area contributed by atoms with Crippen molar-refractivity contribution in [3.05, 3.63) is 52.0 Å². The molecule has 0 radical (unpaired) electrons. The lowest BCUT2D eigenvalue weighted by Gasteiger charge is -2.09. The summed E-state index contributed by atoms with van der Waals surface area (Å²) in [4.78, 5) is 15.6. The second-order valence-electron chi connectivity index (χ2n) is 3.91. The van der Waals surface area contributed by atoms with Gasteiger partial charge in [-0.2, -0.15) is 29.8 Å². The van der Waals surface area contributed by atoms with Crippen LogP contribution in [0.4, 0.5) is 13.2 Å². The second-order valence-corrected chi connectivity index (χ2v) is 4.69. The molecule has 20 heavy (non-hydrogen) atoms. The molecule has 102 valence electrons. The first-order chi connectivity index (χ1) is 9.43. The first kappa shape index (κ1) is 14.2. The molecule has 1 atom stereocenters. The second kappa shape index (κ2) is 5.43. The van der Waals surface area contributed by atoms with Crippen LogP contribution in [0.1, 0.15) is 27.5 Å². The maximum atomic E-state index is 12.4.